The van der Waals surface area contributed by atoms with E-state index in [0.717, 1.165) is 23.8 Å². The third kappa shape index (κ3) is 3.16. The molecule has 2 rings (SSSR count). The van der Waals surface area contributed by atoms with Crippen LogP contribution in [0.15, 0.2) is 36.5 Å². The summed E-state index contributed by atoms with van der Waals surface area (Å²) in [6.45, 7) is 4.50. The normalized spacial score (nSPS) is 10.9. The van der Waals surface area contributed by atoms with Crippen molar-refractivity contribution in [1.29, 1.82) is 0 Å². The fourth-order valence-corrected chi connectivity index (χ4v) is 2.31. The van der Waals surface area contributed by atoms with Crippen molar-refractivity contribution in [3.63, 3.8) is 0 Å². The topological polar surface area (TPSA) is 27.1 Å². The van der Waals surface area contributed by atoms with E-state index < -0.39 is 0 Å². The van der Waals surface area contributed by atoms with Crippen LogP contribution >= 0.6 is 0 Å². The molecule has 19 heavy (non-hydrogen) atoms. The van der Waals surface area contributed by atoms with E-state index >= 15 is 0 Å². The van der Waals surface area contributed by atoms with Gasteiger partial charge in [-0.25, -0.2) is 4.68 Å². The molecule has 0 radical (unpaired) electrons. The number of ether oxygens (including phenoxy) is 1. The molecule has 0 saturated heterocycles. The lowest BCUT2D eigenvalue weighted by Gasteiger charge is -2.14. The highest BCUT2D eigenvalue weighted by molar-refractivity contribution is 5.38. The van der Waals surface area contributed by atoms with Crippen molar-refractivity contribution in [3.8, 4) is 11.4 Å². The minimum atomic E-state index is 0.730. The molecule has 1 heterocycles. The molecule has 0 N–H and O–H groups in total. The van der Waals surface area contributed by atoms with Crippen LogP contribution in [0.2, 0.25) is 0 Å². The van der Waals surface area contributed by atoms with E-state index in [1.54, 1.807) is 7.11 Å². The Labute approximate surface area is 115 Å². The highest BCUT2D eigenvalue weighted by atomic mass is 16.5. The molecule has 2 aromatic rings. The van der Waals surface area contributed by atoms with E-state index in [2.05, 4.69) is 25.0 Å². The standard InChI is InChI=1S/C16H22N2O/c1-4-13(5-2)12-15-10-11-17-18(15)14-6-8-16(19-3)9-7-14/h6-11,13H,4-5,12H2,1-3H3. The zero-order valence-corrected chi connectivity index (χ0v) is 12.0. The second-order valence-electron chi connectivity index (χ2n) is 4.82. The van der Waals surface area contributed by atoms with Gasteiger partial charge in [-0.05, 0) is 42.7 Å². The van der Waals surface area contributed by atoms with Crippen LogP contribution in [0.25, 0.3) is 5.69 Å². The highest BCUT2D eigenvalue weighted by Gasteiger charge is 2.10. The second kappa shape index (κ2) is 6.41. The van der Waals surface area contributed by atoms with E-state index in [9.17, 15) is 0 Å². The summed E-state index contributed by atoms with van der Waals surface area (Å²) < 4.78 is 7.21. The molecular weight excluding hydrogens is 236 g/mol. The Morgan fingerprint density at radius 3 is 2.37 bits per heavy atom. The molecule has 0 aliphatic heterocycles. The second-order valence-corrected chi connectivity index (χ2v) is 4.82. The Bertz CT molecular complexity index is 498. The van der Waals surface area contributed by atoms with Gasteiger partial charge >= 0.3 is 0 Å². The van der Waals surface area contributed by atoms with Crippen LogP contribution in [-0.4, -0.2) is 16.9 Å². The van der Waals surface area contributed by atoms with Gasteiger partial charge in [0, 0.05) is 11.9 Å². The van der Waals surface area contributed by atoms with Gasteiger partial charge < -0.3 is 4.74 Å². The van der Waals surface area contributed by atoms with E-state index in [1.807, 2.05) is 35.1 Å². The van der Waals surface area contributed by atoms with Crippen LogP contribution in [0.3, 0.4) is 0 Å². The van der Waals surface area contributed by atoms with Gasteiger partial charge in [0.05, 0.1) is 12.8 Å². The summed E-state index contributed by atoms with van der Waals surface area (Å²) in [6.07, 6.45) is 5.38. The van der Waals surface area contributed by atoms with Gasteiger partial charge in [0.15, 0.2) is 0 Å². The van der Waals surface area contributed by atoms with Gasteiger partial charge in [-0.1, -0.05) is 26.7 Å². The fourth-order valence-electron chi connectivity index (χ4n) is 2.31. The van der Waals surface area contributed by atoms with Gasteiger partial charge in [0.2, 0.25) is 0 Å². The van der Waals surface area contributed by atoms with Crippen LogP contribution in [0.4, 0.5) is 0 Å². The van der Waals surface area contributed by atoms with Gasteiger partial charge in [-0.15, -0.1) is 0 Å². The third-order valence-corrected chi connectivity index (χ3v) is 3.69. The first-order chi connectivity index (χ1) is 9.28. The lowest BCUT2D eigenvalue weighted by molar-refractivity contribution is 0.414. The molecule has 3 nitrogen and oxygen atoms in total. The van der Waals surface area contributed by atoms with Crippen LogP contribution < -0.4 is 4.74 Å². The van der Waals surface area contributed by atoms with E-state index in [4.69, 9.17) is 4.74 Å². The van der Waals surface area contributed by atoms with Gasteiger partial charge in [0.25, 0.3) is 0 Å². The summed E-state index contributed by atoms with van der Waals surface area (Å²) in [6, 6.07) is 10.1. The Balaban J connectivity index is 2.22. The van der Waals surface area contributed by atoms with Gasteiger partial charge in [-0.2, -0.15) is 5.10 Å². The van der Waals surface area contributed by atoms with Crippen LogP contribution in [-0.2, 0) is 6.42 Å². The number of hydrogen-bond acceptors (Lipinski definition) is 2. The third-order valence-electron chi connectivity index (χ3n) is 3.69. The van der Waals surface area contributed by atoms with E-state index in [1.165, 1.54) is 18.5 Å². The molecule has 0 aliphatic rings. The summed E-state index contributed by atoms with van der Waals surface area (Å²) in [4.78, 5) is 0. The average Bonchev–Trinajstić information content (AvgIpc) is 2.93. The van der Waals surface area contributed by atoms with Crippen molar-refractivity contribution in [2.75, 3.05) is 7.11 Å². The van der Waals surface area contributed by atoms with Crippen molar-refractivity contribution >= 4 is 0 Å². The van der Waals surface area contributed by atoms with Crippen LogP contribution in [0.5, 0.6) is 5.75 Å². The summed E-state index contributed by atoms with van der Waals surface area (Å²) in [7, 11) is 1.68. The predicted octanol–water partition coefficient (Wildman–Crippen LogP) is 3.86. The lowest BCUT2D eigenvalue weighted by Crippen LogP contribution is -2.08. The zero-order valence-electron chi connectivity index (χ0n) is 12.0. The molecule has 102 valence electrons. The lowest BCUT2D eigenvalue weighted by atomic mass is 9.97. The molecule has 0 spiro atoms. The summed E-state index contributed by atoms with van der Waals surface area (Å²) in [5, 5.41) is 4.44. The summed E-state index contributed by atoms with van der Waals surface area (Å²) in [5.41, 5.74) is 2.37. The Kier molecular flexibility index (Phi) is 4.61. The van der Waals surface area contributed by atoms with Crippen LogP contribution in [0, 0.1) is 5.92 Å². The molecule has 1 aromatic heterocycles. The zero-order chi connectivity index (χ0) is 13.7. The average molecular weight is 258 g/mol. The molecule has 0 bridgehead atoms. The largest absolute Gasteiger partial charge is 0.497 e. The predicted molar refractivity (Wildman–Crippen MR) is 77.9 cm³/mol. The van der Waals surface area contributed by atoms with Crippen LogP contribution in [0.1, 0.15) is 32.4 Å². The SMILES string of the molecule is CCC(CC)Cc1ccnn1-c1ccc(OC)cc1. The monoisotopic (exact) mass is 258 g/mol. The van der Waals surface area contributed by atoms with Crippen molar-refractivity contribution in [2.24, 2.45) is 5.92 Å². The quantitative estimate of drug-likeness (QED) is 0.786. The first kappa shape index (κ1) is 13.7. The molecule has 0 saturated carbocycles. The number of nitrogens with zero attached hydrogens (tertiary/aromatic N) is 2. The molecule has 0 amide bonds. The number of aromatic nitrogens is 2. The van der Waals surface area contributed by atoms with Gasteiger partial charge in [-0.3, -0.25) is 0 Å². The first-order valence-electron chi connectivity index (χ1n) is 6.95. The molecule has 1 aromatic carbocycles. The summed E-state index contributed by atoms with van der Waals surface area (Å²) >= 11 is 0. The molecule has 0 fully saturated rings. The van der Waals surface area contributed by atoms with Crippen molar-refractivity contribution in [1.82, 2.24) is 9.78 Å². The maximum atomic E-state index is 5.19. The molecule has 0 unspecified atom stereocenters. The fraction of sp³-hybridized carbons (Fsp3) is 0.438. The summed E-state index contributed by atoms with van der Waals surface area (Å²) in [5.74, 6) is 1.60. The number of methoxy groups -OCH3 is 1. The molecule has 3 heteroatoms. The molecule has 0 atom stereocenters. The number of hydrogen-bond donors (Lipinski definition) is 0. The number of rotatable bonds is 6. The Morgan fingerprint density at radius 2 is 1.79 bits per heavy atom. The number of benzene rings is 1. The van der Waals surface area contributed by atoms with Crippen molar-refractivity contribution in [2.45, 2.75) is 33.1 Å². The smallest absolute Gasteiger partial charge is 0.119 e. The first-order valence-corrected chi connectivity index (χ1v) is 6.95. The Morgan fingerprint density at radius 1 is 1.11 bits per heavy atom. The van der Waals surface area contributed by atoms with E-state index in [0.29, 0.717) is 0 Å². The molecule has 0 aliphatic carbocycles. The van der Waals surface area contributed by atoms with Crippen molar-refractivity contribution in [3.05, 3.63) is 42.2 Å². The maximum Gasteiger partial charge on any atom is 0.119 e. The maximum absolute atomic E-state index is 5.19. The minimum Gasteiger partial charge on any atom is -0.497 e. The Hall–Kier alpha value is -1.77. The van der Waals surface area contributed by atoms with Gasteiger partial charge in [0.1, 0.15) is 5.75 Å². The van der Waals surface area contributed by atoms with E-state index in [-0.39, 0.29) is 0 Å². The minimum absolute atomic E-state index is 0.730. The van der Waals surface area contributed by atoms with Crippen molar-refractivity contribution < 1.29 is 4.74 Å². The molecular formula is C16H22N2O. The highest BCUT2D eigenvalue weighted by Crippen LogP contribution is 2.20.